The number of nitro groups is 1. The van der Waals surface area contributed by atoms with E-state index in [4.69, 9.17) is 9.15 Å². The Morgan fingerprint density at radius 2 is 2.00 bits per heavy atom. The second-order valence-electron chi connectivity index (χ2n) is 5.78. The second-order valence-corrected chi connectivity index (χ2v) is 5.78. The fraction of sp³-hybridized carbons (Fsp3) is 0.353. The van der Waals surface area contributed by atoms with Crippen LogP contribution in [0.1, 0.15) is 5.76 Å². The molecule has 0 bridgehead atoms. The van der Waals surface area contributed by atoms with E-state index in [1.165, 1.54) is 18.2 Å². The van der Waals surface area contributed by atoms with Crippen molar-refractivity contribution < 1.29 is 18.9 Å². The topological polar surface area (TPSA) is 89.1 Å². The van der Waals surface area contributed by atoms with Crippen molar-refractivity contribution in [2.24, 2.45) is 0 Å². The normalized spacial score (nSPS) is 15.1. The van der Waals surface area contributed by atoms with Crippen molar-refractivity contribution in [2.45, 2.75) is 6.54 Å². The molecule has 0 unspecified atom stereocenters. The van der Waals surface area contributed by atoms with Crippen molar-refractivity contribution in [3.8, 4) is 5.75 Å². The van der Waals surface area contributed by atoms with Crippen molar-refractivity contribution in [3.63, 3.8) is 0 Å². The molecule has 132 valence electrons. The van der Waals surface area contributed by atoms with Crippen LogP contribution in [0.4, 0.5) is 5.69 Å². The summed E-state index contributed by atoms with van der Waals surface area (Å²) in [7, 11) is 0. The number of amides is 1. The summed E-state index contributed by atoms with van der Waals surface area (Å²) in [4.78, 5) is 26.5. The van der Waals surface area contributed by atoms with E-state index in [1.54, 1.807) is 17.2 Å². The van der Waals surface area contributed by atoms with Crippen LogP contribution in [-0.2, 0) is 11.3 Å². The van der Waals surface area contributed by atoms with Crippen molar-refractivity contribution in [3.05, 3.63) is 58.5 Å². The first-order valence-corrected chi connectivity index (χ1v) is 8.01. The number of piperazine rings is 1. The molecule has 0 N–H and O–H groups in total. The Kier molecular flexibility index (Phi) is 5.30. The van der Waals surface area contributed by atoms with Gasteiger partial charge in [-0.2, -0.15) is 0 Å². The number of nitro benzene ring substituents is 1. The van der Waals surface area contributed by atoms with Gasteiger partial charge in [-0.3, -0.25) is 19.8 Å². The molecule has 0 spiro atoms. The average Bonchev–Trinajstić information content (AvgIpc) is 3.13. The molecule has 8 nitrogen and oxygen atoms in total. The minimum absolute atomic E-state index is 0.0588. The second kappa shape index (κ2) is 7.80. The first-order chi connectivity index (χ1) is 12.1. The molecule has 2 aromatic rings. The summed E-state index contributed by atoms with van der Waals surface area (Å²) < 4.78 is 10.7. The van der Waals surface area contributed by atoms with E-state index in [2.05, 4.69) is 4.90 Å². The highest BCUT2D eigenvalue weighted by molar-refractivity contribution is 5.77. The number of carbonyl (C=O) groups is 1. The molecule has 25 heavy (non-hydrogen) atoms. The smallest absolute Gasteiger partial charge is 0.273 e. The van der Waals surface area contributed by atoms with Crippen LogP contribution in [0.3, 0.4) is 0 Å². The number of nitrogens with zero attached hydrogens (tertiary/aromatic N) is 3. The van der Waals surface area contributed by atoms with Crippen molar-refractivity contribution >= 4 is 11.6 Å². The Hall–Kier alpha value is -2.87. The molecule has 1 fully saturated rings. The first-order valence-electron chi connectivity index (χ1n) is 8.01. The van der Waals surface area contributed by atoms with Crippen LogP contribution in [-0.4, -0.2) is 53.4 Å². The van der Waals surface area contributed by atoms with Crippen molar-refractivity contribution in [2.75, 3.05) is 32.8 Å². The van der Waals surface area contributed by atoms with Gasteiger partial charge in [0.2, 0.25) is 0 Å². The molecule has 8 heteroatoms. The van der Waals surface area contributed by atoms with Gasteiger partial charge in [-0.15, -0.1) is 0 Å². The third kappa shape index (κ3) is 4.57. The summed E-state index contributed by atoms with van der Waals surface area (Å²) in [5.41, 5.74) is -0.0588. The maximum absolute atomic E-state index is 12.2. The number of ether oxygens (including phenoxy) is 1. The van der Waals surface area contributed by atoms with Gasteiger partial charge in [0.25, 0.3) is 11.6 Å². The molecule has 1 amide bonds. The predicted molar refractivity (Wildman–Crippen MR) is 89.2 cm³/mol. The van der Waals surface area contributed by atoms with Gasteiger partial charge in [-0.05, 0) is 18.2 Å². The Bertz CT molecular complexity index is 724. The molecular weight excluding hydrogens is 326 g/mol. The third-order valence-corrected chi connectivity index (χ3v) is 4.08. The van der Waals surface area contributed by atoms with Gasteiger partial charge in [-0.25, -0.2) is 0 Å². The molecule has 1 saturated heterocycles. The molecule has 2 heterocycles. The van der Waals surface area contributed by atoms with E-state index >= 15 is 0 Å². The highest BCUT2D eigenvalue weighted by Gasteiger charge is 2.22. The summed E-state index contributed by atoms with van der Waals surface area (Å²) in [6.07, 6.45) is 1.65. The number of benzene rings is 1. The van der Waals surface area contributed by atoms with Crippen LogP contribution < -0.4 is 4.74 Å². The molecule has 1 aliphatic rings. The number of carbonyl (C=O) groups excluding carboxylic acids is 1. The lowest BCUT2D eigenvalue weighted by Crippen LogP contribution is -2.49. The lowest BCUT2D eigenvalue weighted by Gasteiger charge is -2.34. The van der Waals surface area contributed by atoms with E-state index in [-0.39, 0.29) is 18.2 Å². The zero-order valence-electron chi connectivity index (χ0n) is 13.7. The van der Waals surface area contributed by atoms with E-state index in [9.17, 15) is 14.9 Å². The van der Waals surface area contributed by atoms with Gasteiger partial charge in [0.1, 0.15) is 11.5 Å². The summed E-state index contributed by atoms with van der Waals surface area (Å²) in [6.45, 7) is 3.39. The highest BCUT2D eigenvalue weighted by Crippen LogP contribution is 2.19. The number of furan rings is 1. The average molecular weight is 345 g/mol. The van der Waals surface area contributed by atoms with E-state index in [0.29, 0.717) is 18.8 Å². The molecule has 0 aliphatic carbocycles. The predicted octanol–water partition coefficient (Wildman–Crippen LogP) is 1.91. The fourth-order valence-electron chi connectivity index (χ4n) is 2.70. The van der Waals surface area contributed by atoms with Crippen molar-refractivity contribution in [1.82, 2.24) is 9.80 Å². The first kappa shape index (κ1) is 17.0. The van der Waals surface area contributed by atoms with E-state index in [1.807, 2.05) is 12.1 Å². The number of hydrogen-bond donors (Lipinski definition) is 0. The number of hydrogen-bond acceptors (Lipinski definition) is 6. The molecule has 0 saturated carbocycles. The molecular formula is C17H19N3O5. The standard InChI is InChI=1S/C17H19N3O5/c21-17(13-25-15-4-1-3-14(11-15)20(22)23)19-8-6-18(7-9-19)12-16-5-2-10-24-16/h1-5,10-11H,6-9,12-13H2. The minimum Gasteiger partial charge on any atom is -0.484 e. The van der Waals surface area contributed by atoms with Crippen LogP contribution in [0.15, 0.2) is 47.1 Å². The molecule has 3 rings (SSSR count). The molecule has 0 atom stereocenters. The van der Waals surface area contributed by atoms with Crippen LogP contribution in [0.5, 0.6) is 5.75 Å². The van der Waals surface area contributed by atoms with Crippen LogP contribution >= 0.6 is 0 Å². The minimum atomic E-state index is -0.493. The number of rotatable bonds is 6. The monoisotopic (exact) mass is 345 g/mol. The summed E-state index contributed by atoms with van der Waals surface area (Å²) in [5.74, 6) is 1.11. The largest absolute Gasteiger partial charge is 0.484 e. The van der Waals surface area contributed by atoms with E-state index in [0.717, 1.165) is 25.4 Å². The van der Waals surface area contributed by atoms with Gasteiger partial charge in [0, 0.05) is 32.2 Å². The molecule has 0 radical (unpaired) electrons. The number of non-ortho nitro benzene ring substituents is 1. The third-order valence-electron chi connectivity index (χ3n) is 4.08. The maximum atomic E-state index is 12.2. The van der Waals surface area contributed by atoms with Crippen molar-refractivity contribution in [1.29, 1.82) is 0 Å². The van der Waals surface area contributed by atoms with Crippen LogP contribution in [0, 0.1) is 10.1 Å². The lowest BCUT2D eigenvalue weighted by molar-refractivity contribution is -0.384. The van der Waals surface area contributed by atoms with Gasteiger partial charge < -0.3 is 14.1 Å². The molecule has 1 aliphatic heterocycles. The van der Waals surface area contributed by atoms with Gasteiger partial charge >= 0.3 is 0 Å². The summed E-state index contributed by atoms with van der Waals surface area (Å²) >= 11 is 0. The highest BCUT2D eigenvalue weighted by atomic mass is 16.6. The van der Waals surface area contributed by atoms with Gasteiger partial charge in [0.05, 0.1) is 23.8 Å². The Balaban J connectivity index is 1.45. The van der Waals surface area contributed by atoms with Gasteiger partial charge in [-0.1, -0.05) is 6.07 Å². The molecule has 1 aromatic carbocycles. The van der Waals surface area contributed by atoms with Crippen LogP contribution in [0.25, 0.3) is 0 Å². The SMILES string of the molecule is O=C(COc1cccc([N+](=O)[O-])c1)N1CCN(Cc2ccco2)CC1. The lowest BCUT2D eigenvalue weighted by atomic mass is 10.3. The van der Waals surface area contributed by atoms with Gasteiger partial charge in [0.15, 0.2) is 6.61 Å². The maximum Gasteiger partial charge on any atom is 0.273 e. The Morgan fingerprint density at radius 3 is 2.68 bits per heavy atom. The van der Waals surface area contributed by atoms with E-state index < -0.39 is 4.92 Å². The zero-order valence-corrected chi connectivity index (χ0v) is 13.7. The van der Waals surface area contributed by atoms with Crippen LogP contribution in [0.2, 0.25) is 0 Å². The zero-order chi connectivity index (χ0) is 17.6. The molecule has 1 aromatic heterocycles. The Labute approximate surface area is 144 Å². The Morgan fingerprint density at radius 1 is 1.20 bits per heavy atom. The summed E-state index contributed by atoms with van der Waals surface area (Å²) in [5, 5.41) is 10.7. The summed E-state index contributed by atoms with van der Waals surface area (Å²) in [6, 6.07) is 9.62. The quantitative estimate of drug-likeness (QED) is 0.587. The fourth-order valence-corrected chi connectivity index (χ4v) is 2.70.